The van der Waals surface area contributed by atoms with Crippen molar-refractivity contribution in [1.82, 2.24) is 0 Å². The molecule has 0 spiro atoms. The lowest BCUT2D eigenvalue weighted by molar-refractivity contribution is 0.818. The van der Waals surface area contributed by atoms with Crippen molar-refractivity contribution in [2.45, 2.75) is 19.9 Å². The van der Waals surface area contributed by atoms with Crippen LogP contribution in [0.4, 0.5) is 0 Å². The molecule has 16 heavy (non-hydrogen) atoms. The van der Waals surface area contributed by atoms with Crippen LogP contribution in [0.5, 0.6) is 0 Å². The molecule has 0 amide bonds. The molecule has 0 aliphatic rings. The van der Waals surface area contributed by atoms with Crippen LogP contribution < -0.4 is 5.73 Å². The highest BCUT2D eigenvalue weighted by Gasteiger charge is 1.93. The zero-order chi connectivity index (χ0) is 11.8. The van der Waals surface area contributed by atoms with E-state index < -0.39 is 0 Å². The molecule has 0 saturated carbocycles. The Morgan fingerprint density at radius 3 is 1.50 bits per heavy atom. The van der Waals surface area contributed by atoms with Crippen molar-refractivity contribution >= 4 is 0 Å². The third kappa shape index (κ3) is 4.76. The Morgan fingerprint density at radius 1 is 0.812 bits per heavy atom. The van der Waals surface area contributed by atoms with Crippen molar-refractivity contribution in [3.8, 4) is 0 Å². The highest BCUT2D eigenvalue weighted by molar-refractivity contribution is 5.17. The second-order valence-electron chi connectivity index (χ2n) is 3.85. The third-order valence-corrected chi connectivity index (χ3v) is 2.27. The molecule has 2 rings (SSSR count). The monoisotopic (exact) mass is 213 g/mol. The molecule has 0 aliphatic heterocycles. The van der Waals surface area contributed by atoms with E-state index in [9.17, 15) is 0 Å². The molecule has 2 N–H and O–H groups in total. The number of aryl methyl sites for hydroxylation is 1. The van der Waals surface area contributed by atoms with Gasteiger partial charge in [-0.15, -0.1) is 0 Å². The van der Waals surface area contributed by atoms with E-state index in [1.54, 1.807) is 0 Å². The van der Waals surface area contributed by atoms with Crippen LogP contribution in [0.25, 0.3) is 0 Å². The zero-order valence-electron chi connectivity index (χ0n) is 9.93. The van der Waals surface area contributed by atoms with Gasteiger partial charge in [0.15, 0.2) is 0 Å². The van der Waals surface area contributed by atoms with E-state index in [-0.39, 0.29) is 6.04 Å². The van der Waals surface area contributed by atoms with Crippen molar-refractivity contribution in [2.75, 3.05) is 0 Å². The first kappa shape index (κ1) is 12.5. The summed E-state index contributed by atoms with van der Waals surface area (Å²) in [5.74, 6) is 0. The van der Waals surface area contributed by atoms with Crippen molar-refractivity contribution in [3.63, 3.8) is 0 Å². The normalized spacial score (nSPS) is 11.2. The second-order valence-corrected chi connectivity index (χ2v) is 3.85. The average Bonchev–Trinajstić information content (AvgIpc) is 2.32. The second kappa shape index (κ2) is 6.81. The van der Waals surface area contributed by atoms with Crippen LogP contribution in [0.2, 0.25) is 0 Å². The fourth-order valence-electron chi connectivity index (χ4n) is 1.29. The maximum Gasteiger partial charge on any atom is 0.0266 e. The molecular weight excluding hydrogens is 194 g/mol. The Labute approximate surface area is 97.9 Å². The van der Waals surface area contributed by atoms with Crippen molar-refractivity contribution < 1.29 is 0 Å². The molecule has 84 valence electrons. The van der Waals surface area contributed by atoms with E-state index in [0.29, 0.717) is 0 Å². The summed E-state index contributed by atoms with van der Waals surface area (Å²) in [6, 6.07) is 20.5. The van der Waals surface area contributed by atoms with Crippen LogP contribution in [0.1, 0.15) is 24.1 Å². The van der Waals surface area contributed by atoms with Gasteiger partial charge in [-0.1, -0.05) is 66.2 Å². The maximum absolute atomic E-state index is 5.61. The van der Waals surface area contributed by atoms with Crippen LogP contribution >= 0.6 is 0 Å². The minimum Gasteiger partial charge on any atom is -0.324 e. The Hall–Kier alpha value is -1.60. The molecule has 2 aromatic carbocycles. The Kier molecular flexibility index (Phi) is 5.30. The van der Waals surface area contributed by atoms with Crippen LogP contribution in [0.15, 0.2) is 60.7 Å². The molecule has 0 aromatic heterocycles. The number of rotatable bonds is 1. The molecule has 0 fully saturated rings. The first-order valence-electron chi connectivity index (χ1n) is 5.52. The minimum atomic E-state index is 0.159. The van der Waals surface area contributed by atoms with Gasteiger partial charge in [0.1, 0.15) is 0 Å². The lowest BCUT2D eigenvalue weighted by atomic mass is 10.1. The molecule has 1 nitrogen and oxygen atoms in total. The lowest BCUT2D eigenvalue weighted by Gasteiger charge is -2.02. The average molecular weight is 213 g/mol. The highest BCUT2D eigenvalue weighted by atomic mass is 14.6. The van der Waals surface area contributed by atoms with E-state index >= 15 is 0 Å². The molecular formula is C15H19N. The summed E-state index contributed by atoms with van der Waals surface area (Å²) < 4.78 is 0. The Morgan fingerprint density at radius 2 is 1.25 bits per heavy atom. The summed E-state index contributed by atoms with van der Waals surface area (Å²) in [4.78, 5) is 0. The Bertz CT molecular complexity index is 379. The smallest absolute Gasteiger partial charge is 0.0266 e. The predicted octanol–water partition coefficient (Wildman–Crippen LogP) is 3.70. The van der Waals surface area contributed by atoms with Crippen LogP contribution in [-0.2, 0) is 0 Å². The van der Waals surface area contributed by atoms with Gasteiger partial charge in [-0.05, 0) is 19.4 Å². The summed E-state index contributed by atoms with van der Waals surface area (Å²) in [6.07, 6.45) is 0. The van der Waals surface area contributed by atoms with Gasteiger partial charge in [-0.3, -0.25) is 0 Å². The molecule has 0 saturated heterocycles. The molecule has 1 atom stereocenters. The van der Waals surface area contributed by atoms with E-state index in [1.165, 1.54) is 11.1 Å². The Balaban J connectivity index is 0.000000165. The third-order valence-electron chi connectivity index (χ3n) is 2.27. The zero-order valence-corrected chi connectivity index (χ0v) is 9.93. The SMILES string of the molecule is CC(N)c1ccccc1.Cc1ccccc1. The van der Waals surface area contributed by atoms with Gasteiger partial charge in [0.05, 0.1) is 0 Å². The van der Waals surface area contributed by atoms with Crippen LogP contribution in [-0.4, -0.2) is 0 Å². The maximum atomic E-state index is 5.61. The lowest BCUT2D eigenvalue weighted by Crippen LogP contribution is -2.03. The van der Waals surface area contributed by atoms with Crippen LogP contribution in [0.3, 0.4) is 0 Å². The quantitative estimate of drug-likeness (QED) is 0.768. The highest BCUT2D eigenvalue weighted by Crippen LogP contribution is 2.06. The summed E-state index contributed by atoms with van der Waals surface area (Å²) in [7, 11) is 0. The number of hydrogen-bond acceptors (Lipinski definition) is 1. The molecule has 0 aliphatic carbocycles. The first-order valence-corrected chi connectivity index (χ1v) is 5.52. The summed E-state index contributed by atoms with van der Waals surface area (Å²) in [5.41, 5.74) is 8.13. The van der Waals surface area contributed by atoms with Gasteiger partial charge in [0, 0.05) is 6.04 Å². The summed E-state index contributed by atoms with van der Waals surface area (Å²) >= 11 is 0. The predicted molar refractivity (Wildman–Crippen MR) is 70.2 cm³/mol. The van der Waals surface area contributed by atoms with Gasteiger partial charge in [-0.2, -0.15) is 0 Å². The number of nitrogens with two attached hydrogens (primary N) is 1. The van der Waals surface area contributed by atoms with Gasteiger partial charge in [0.25, 0.3) is 0 Å². The van der Waals surface area contributed by atoms with Crippen molar-refractivity contribution in [1.29, 1.82) is 0 Å². The minimum absolute atomic E-state index is 0.159. The van der Waals surface area contributed by atoms with Gasteiger partial charge in [0.2, 0.25) is 0 Å². The van der Waals surface area contributed by atoms with E-state index in [4.69, 9.17) is 5.73 Å². The topological polar surface area (TPSA) is 26.0 Å². The van der Waals surface area contributed by atoms with Gasteiger partial charge >= 0.3 is 0 Å². The molecule has 2 aromatic rings. The first-order chi connectivity index (χ1) is 7.70. The largest absolute Gasteiger partial charge is 0.324 e. The molecule has 1 unspecified atom stereocenters. The molecule has 0 heterocycles. The molecule has 0 bridgehead atoms. The molecule has 0 radical (unpaired) electrons. The van der Waals surface area contributed by atoms with Crippen molar-refractivity contribution in [3.05, 3.63) is 71.8 Å². The number of benzene rings is 2. The van der Waals surface area contributed by atoms with E-state index in [2.05, 4.69) is 19.1 Å². The summed E-state index contributed by atoms with van der Waals surface area (Å²) in [6.45, 7) is 4.06. The standard InChI is InChI=1S/C8H11N.C7H8/c1-7(9)8-5-3-2-4-6-8;1-7-5-3-2-4-6-7/h2-7H,9H2,1H3;2-6H,1H3. The fraction of sp³-hybridized carbons (Fsp3) is 0.200. The van der Waals surface area contributed by atoms with E-state index in [0.717, 1.165) is 0 Å². The summed E-state index contributed by atoms with van der Waals surface area (Å²) in [5, 5.41) is 0. The van der Waals surface area contributed by atoms with Gasteiger partial charge in [-0.25, -0.2) is 0 Å². The van der Waals surface area contributed by atoms with Gasteiger partial charge < -0.3 is 5.73 Å². The van der Waals surface area contributed by atoms with Crippen LogP contribution in [0, 0.1) is 6.92 Å². The fourth-order valence-corrected chi connectivity index (χ4v) is 1.29. The van der Waals surface area contributed by atoms with E-state index in [1.807, 2.05) is 55.5 Å². The number of hydrogen-bond donors (Lipinski definition) is 1. The van der Waals surface area contributed by atoms with Crippen molar-refractivity contribution in [2.24, 2.45) is 5.73 Å². The molecule has 1 heteroatoms.